The summed E-state index contributed by atoms with van der Waals surface area (Å²) in [5.74, 6) is -0.134. The van der Waals surface area contributed by atoms with Gasteiger partial charge in [-0.2, -0.15) is 0 Å². The maximum absolute atomic E-state index is 12.1. The Hall–Kier alpha value is -1.35. The zero-order chi connectivity index (χ0) is 15.4. The van der Waals surface area contributed by atoms with E-state index in [0.717, 1.165) is 0 Å². The lowest BCUT2D eigenvalue weighted by atomic mass is 9.86. The Morgan fingerprint density at radius 1 is 1.10 bits per heavy atom. The van der Waals surface area contributed by atoms with E-state index in [9.17, 15) is 9.90 Å². The van der Waals surface area contributed by atoms with Crippen molar-refractivity contribution in [2.45, 2.75) is 58.5 Å². The van der Waals surface area contributed by atoms with Gasteiger partial charge in [0.05, 0.1) is 5.60 Å². The molecule has 0 aliphatic rings. The van der Waals surface area contributed by atoms with Crippen LogP contribution in [0.4, 0.5) is 0 Å². The summed E-state index contributed by atoms with van der Waals surface area (Å²) in [6, 6.07) is 7.65. The normalized spacial score (nSPS) is 12.3. The lowest BCUT2D eigenvalue weighted by Gasteiger charge is -2.25. The summed E-state index contributed by atoms with van der Waals surface area (Å²) in [5.41, 5.74) is 1.11. The summed E-state index contributed by atoms with van der Waals surface area (Å²) in [6.07, 6.45) is 1.26. The van der Waals surface area contributed by atoms with Crippen molar-refractivity contribution >= 4 is 5.91 Å². The van der Waals surface area contributed by atoms with Gasteiger partial charge in [0.2, 0.25) is 0 Å². The molecule has 0 unspecified atom stereocenters. The molecular weight excluding hydrogens is 250 g/mol. The first-order valence-corrected chi connectivity index (χ1v) is 7.33. The van der Waals surface area contributed by atoms with E-state index in [4.69, 9.17) is 0 Å². The number of carbonyl (C=O) groups is 1. The van der Waals surface area contributed by atoms with Crippen molar-refractivity contribution in [3.05, 3.63) is 35.4 Å². The Balaban J connectivity index is 2.70. The molecule has 0 saturated heterocycles. The summed E-state index contributed by atoms with van der Waals surface area (Å²) in [6.45, 7) is 10.6. The van der Waals surface area contributed by atoms with Gasteiger partial charge in [-0.3, -0.25) is 4.79 Å². The first-order valence-electron chi connectivity index (χ1n) is 7.33. The molecule has 0 fully saturated rings. The second-order valence-corrected chi connectivity index (χ2v) is 6.44. The van der Waals surface area contributed by atoms with Crippen LogP contribution in [0.15, 0.2) is 24.3 Å². The smallest absolute Gasteiger partial charge is 0.251 e. The Bertz CT molecular complexity index is 439. The number of hydrogen-bond donors (Lipinski definition) is 2. The molecule has 0 heterocycles. The molecule has 112 valence electrons. The molecule has 0 aromatic heterocycles. The SMILES string of the molecule is CCC(O)(CC)CNC(=O)c1ccc(C(C)(C)C)cc1. The van der Waals surface area contributed by atoms with Crippen LogP contribution in [-0.4, -0.2) is 23.2 Å². The van der Waals surface area contributed by atoms with Crippen LogP contribution in [0.1, 0.15) is 63.4 Å². The fourth-order valence-corrected chi connectivity index (χ4v) is 1.97. The fourth-order valence-electron chi connectivity index (χ4n) is 1.97. The number of carbonyl (C=O) groups excluding carboxylic acids is 1. The van der Waals surface area contributed by atoms with Crippen molar-refractivity contribution in [2.24, 2.45) is 0 Å². The van der Waals surface area contributed by atoms with Crippen LogP contribution < -0.4 is 5.32 Å². The minimum atomic E-state index is -0.805. The van der Waals surface area contributed by atoms with Crippen molar-refractivity contribution in [1.29, 1.82) is 0 Å². The molecule has 0 bridgehead atoms. The van der Waals surface area contributed by atoms with Gasteiger partial charge in [-0.25, -0.2) is 0 Å². The van der Waals surface area contributed by atoms with E-state index in [1.54, 1.807) is 0 Å². The van der Waals surface area contributed by atoms with Crippen molar-refractivity contribution in [2.75, 3.05) is 6.54 Å². The van der Waals surface area contributed by atoms with E-state index < -0.39 is 5.60 Å². The third kappa shape index (κ3) is 4.34. The van der Waals surface area contributed by atoms with Gasteiger partial charge in [0.25, 0.3) is 5.91 Å². The van der Waals surface area contributed by atoms with Gasteiger partial charge in [-0.1, -0.05) is 46.8 Å². The molecule has 1 aromatic rings. The van der Waals surface area contributed by atoms with Gasteiger partial charge in [-0.15, -0.1) is 0 Å². The van der Waals surface area contributed by atoms with E-state index in [2.05, 4.69) is 26.1 Å². The van der Waals surface area contributed by atoms with Crippen LogP contribution in [0.3, 0.4) is 0 Å². The highest BCUT2D eigenvalue weighted by atomic mass is 16.3. The molecule has 3 heteroatoms. The van der Waals surface area contributed by atoms with Crippen LogP contribution in [0.2, 0.25) is 0 Å². The summed E-state index contributed by atoms with van der Waals surface area (Å²) in [5, 5.41) is 13.0. The standard InChI is InChI=1S/C17H27NO2/c1-6-17(20,7-2)12-18-15(19)13-8-10-14(11-9-13)16(3,4)5/h8-11,20H,6-7,12H2,1-5H3,(H,18,19). The number of rotatable bonds is 5. The first kappa shape index (κ1) is 16.7. The summed E-state index contributed by atoms with van der Waals surface area (Å²) in [4.78, 5) is 12.1. The summed E-state index contributed by atoms with van der Waals surface area (Å²) in [7, 11) is 0. The van der Waals surface area contributed by atoms with Crippen LogP contribution in [0, 0.1) is 0 Å². The van der Waals surface area contributed by atoms with E-state index in [-0.39, 0.29) is 11.3 Å². The largest absolute Gasteiger partial charge is 0.388 e. The Kier molecular flexibility index (Phi) is 5.35. The van der Waals surface area contributed by atoms with Crippen molar-refractivity contribution in [3.63, 3.8) is 0 Å². The molecule has 3 nitrogen and oxygen atoms in total. The van der Waals surface area contributed by atoms with Crippen molar-refractivity contribution < 1.29 is 9.90 Å². The minimum absolute atomic E-state index is 0.0830. The topological polar surface area (TPSA) is 49.3 Å². The monoisotopic (exact) mass is 277 g/mol. The number of aliphatic hydroxyl groups is 1. The maximum atomic E-state index is 12.1. The summed E-state index contributed by atoms with van der Waals surface area (Å²) >= 11 is 0. The van der Waals surface area contributed by atoms with E-state index in [1.165, 1.54) is 5.56 Å². The Morgan fingerprint density at radius 3 is 2.00 bits per heavy atom. The molecule has 0 aliphatic heterocycles. The van der Waals surface area contributed by atoms with Gasteiger partial charge < -0.3 is 10.4 Å². The van der Waals surface area contributed by atoms with Crippen molar-refractivity contribution in [3.8, 4) is 0 Å². The third-order valence-electron chi connectivity index (χ3n) is 3.91. The van der Waals surface area contributed by atoms with E-state index in [1.807, 2.05) is 38.1 Å². The fraction of sp³-hybridized carbons (Fsp3) is 0.588. The van der Waals surface area contributed by atoms with Gasteiger partial charge >= 0.3 is 0 Å². The van der Waals surface area contributed by atoms with Crippen LogP contribution >= 0.6 is 0 Å². The number of benzene rings is 1. The molecule has 0 radical (unpaired) electrons. The first-order chi connectivity index (χ1) is 9.22. The molecule has 0 aliphatic carbocycles. The average Bonchev–Trinajstić information content (AvgIpc) is 2.43. The number of amides is 1. The molecule has 20 heavy (non-hydrogen) atoms. The zero-order valence-electron chi connectivity index (χ0n) is 13.3. The predicted molar refractivity (Wildman–Crippen MR) is 83.0 cm³/mol. The summed E-state index contributed by atoms with van der Waals surface area (Å²) < 4.78 is 0. The molecule has 1 rings (SSSR count). The number of nitrogens with one attached hydrogen (secondary N) is 1. The van der Waals surface area contributed by atoms with Crippen LogP contribution in [0.25, 0.3) is 0 Å². The highest BCUT2D eigenvalue weighted by Crippen LogP contribution is 2.22. The van der Waals surface area contributed by atoms with Gasteiger partial charge in [0.1, 0.15) is 0 Å². The lowest BCUT2D eigenvalue weighted by Crippen LogP contribution is -2.42. The van der Waals surface area contributed by atoms with Crippen LogP contribution in [0.5, 0.6) is 0 Å². The van der Waals surface area contributed by atoms with Gasteiger partial charge in [0.15, 0.2) is 0 Å². The average molecular weight is 277 g/mol. The molecule has 2 N–H and O–H groups in total. The second kappa shape index (κ2) is 6.40. The zero-order valence-corrected chi connectivity index (χ0v) is 13.3. The Labute approximate surface area is 122 Å². The predicted octanol–water partition coefficient (Wildman–Crippen LogP) is 3.27. The molecular formula is C17H27NO2. The maximum Gasteiger partial charge on any atom is 0.251 e. The highest BCUT2D eigenvalue weighted by molar-refractivity contribution is 5.94. The van der Waals surface area contributed by atoms with Crippen LogP contribution in [-0.2, 0) is 5.41 Å². The van der Waals surface area contributed by atoms with Gasteiger partial charge in [-0.05, 0) is 36.0 Å². The third-order valence-corrected chi connectivity index (χ3v) is 3.91. The minimum Gasteiger partial charge on any atom is -0.388 e. The Morgan fingerprint density at radius 2 is 1.60 bits per heavy atom. The van der Waals surface area contributed by atoms with Crippen molar-refractivity contribution in [1.82, 2.24) is 5.32 Å². The molecule has 0 saturated carbocycles. The number of hydrogen-bond acceptors (Lipinski definition) is 2. The molecule has 1 aromatic carbocycles. The van der Waals surface area contributed by atoms with E-state index >= 15 is 0 Å². The quantitative estimate of drug-likeness (QED) is 0.868. The highest BCUT2D eigenvalue weighted by Gasteiger charge is 2.23. The molecule has 0 spiro atoms. The second-order valence-electron chi connectivity index (χ2n) is 6.44. The lowest BCUT2D eigenvalue weighted by molar-refractivity contribution is 0.0314. The molecule has 1 amide bonds. The van der Waals surface area contributed by atoms with Gasteiger partial charge in [0, 0.05) is 12.1 Å². The van der Waals surface area contributed by atoms with E-state index in [0.29, 0.717) is 24.9 Å². The molecule has 0 atom stereocenters.